The SMILES string of the molecule is Cc1cc(F)cnc1CNC(=O)c1nc(C)c(-c2ncco2)nc1N. The average Bonchev–Trinajstić information content (AvgIpc) is 3.09. The van der Waals surface area contributed by atoms with E-state index < -0.39 is 11.7 Å². The van der Waals surface area contributed by atoms with Gasteiger partial charge in [0.1, 0.15) is 17.8 Å². The van der Waals surface area contributed by atoms with Crippen LogP contribution in [0.4, 0.5) is 10.2 Å². The highest BCUT2D eigenvalue weighted by molar-refractivity contribution is 5.96. The predicted molar refractivity (Wildman–Crippen MR) is 86.8 cm³/mol. The number of hydrogen-bond donors (Lipinski definition) is 2. The van der Waals surface area contributed by atoms with E-state index in [9.17, 15) is 9.18 Å². The molecule has 3 heterocycles. The molecule has 0 saturated heterocycles. The third-order valence-electron chi connectivity index (χ3n) is 3.52. The van der Waals surface area contributed by atoms with Crippen LogP contribution in [0, 0.1) is 19.7 Å². The topological polar surface area (TPSA) is 120 Å². The number of oxazole rings is 1. The second-order valence-corrected chi connectivity index (χ2v) is 5.33. The van der Waals surface area contributed by atoms with E-state index in [0.717, 1.165) is 6.20 Å². The summed E-state index contributed by atoms with van der Waals surface area (Å²) in [7, 11) is 0. The Bertz CT molecular complexity index is 927. The van der Waals surface area contributed by atoms with Crippen LogP contribution in [0.5, 0.6) is 0 Å². The highest BCUT2D eigenvalue weighted by Crippen LogP contribution is 2.20. The lowest BCUT2D eigenvalue weighted by Gasteiger charge is -2.10. The number of rotatable bonds is 4. The van der Waals surface area contributed by atoms with Gasteiger partial charge < -0.3 is 15.5 Å². The zero-order valence-corrected chi connectivity index (χ0v) is 13.6. The Hall–Kier alpha value is -3.36. The second kappa shape index (κ2) is 6.63. The van der Waals surface area contributed by atoms with Gasteiger partial charge in [-0.15, -0.1) is 0 Å². The lowest BCUT2D eigenvalue weighted by Crippen LogP contribution is -2.26. The molecule has 3 N–H and O–H groups in total. The first-order valence-corrected chi connectivity index (χ1v) is 7.39. The van der Waals surface area contributed by atoms with Crippen LogP contribution in [0.1, 0.15) is 27.4 Å². The van der Waals surface area contributed by atoms with Crippen molar-refractivity contribution < 1.29 is 13.6 Å². The molecule has 128 valence electrons. The van der Waals surface area contributed by atoms with Crippen LogP contribution >= 0.6 is 0 Å². The third kappa shape index (κ3) is 3.44. The van der Waals surface area contributed by atoms with Crippen molar-refractivity contribution in [3.8, 4) is 11.6 Å². The van der Waals surface area contributed by atoms with E-state index in [0.29, 0.717) is 22.6 Å². The molecule has 0 bridgehead atoms. The van der Waals surface area contributed by atoms with Gasteiger partial charge in [-0.1, -0.05) is 0 Å². The van der Waals surface area contributed by atoms with Gasteiger partial charge in [-0.3, -0.25) is 9.78 Å². The summed E-state index contributed by atoms with van der Waals surface area (Å²) in [6.07, 6.45) is 3.98. The summed E-state index contributed by atoms with van der Waals surface area (Å²) < 4.78 is 18.2. The average molecular weight is 342 g/mol. The highest BCUT2D eigenvalue weighted by atomic mass is 19.1. The molecule has 0 atom stereocenters. The van der Waals surface area contributed by atoms with Crippen molar-refractivity contribution in [2.75, 3.05) is 5.73 Å². The molecule has 1 amide bonds. The zero-order valence-electron chi connectivity index (χ0n) is 13.6. The number of nitrogens with one attached hydrogen (secondary N) is 1. The fourth-order valence-electron chi connectivity index (χ4n) is 2.24. The molecule has 0 radical (unpaired) electrons. The Balaban J connectivity index is 1.79. The maximum absolute atomic E-state index is 13.1. The molecule has 25 heavy (non-hydrogen) atoms. The summed E-state index contributed by atoms with van der Waals surface area (Å²) in [5, 5.41) is 2.65. The molecule has 9 heteroatoms. The molecule has 0 unspecified atom stereocenters. The van der Waals surface area contributed by atoms with Gasteiger partial charge in [0.2, 0.25) is 5.89 Å². The summed E-state index contributed by atoms with van der Waals surface area (Å²) in [5.41, 5.74) is 7.85. The van der Waals surface area contributed by atoms with Gasteiger partial charge in [-0.05, 0) is 25.5 Å². The lowest BCUT2D eigenvalue weighted by atomic mass is 10.2. The molecule has 8 nitrogen and oxygen atoms in total. The Morgan fingerprint density at radius 3 is 2.80 bits per heavy atom. The van der Waals surface area contributed by atoms with E-state index in [4.69, 9.17) is 10.2 Å². The number of carbonyl (C=O) groups is 1. The first kappa shape index (κ1) is 16.5. The van der Waals surface area contributed by atoms with Gasteiger partial charge in [-0.25, -0.2) is 19.3 Å². The van der Waals surface area contributed by atoms with Crippen molar-refractivity contribution in [2.24, 2.45) is 0 Å². The Morgan fingerprint density at radius 2 is 2.12 bits per heavy atom. The van der Waals surface area contributed by atoms with Crippen molar-refractivity contribution >= 4 is 11.7 Å². The van der Waals surface area contributed by atoms with Gasteiger partial charge >= 0.3 is 0 Å². The van der Waals surface area contributed by atoms with E-state index in [1.807, 2.05) is 0 Å². The summed E-state index contributed by atoms with van der Waals surface area (Å²) in [4.78, 5) is 28.6. The molecule has 3 aromatic heterocycles. The van der Waals surface area contributed by atoms with E-state index >= 15 is 0 Å². The van der Waals surface area contributed by atoms with Crippen molar-refractivity contribution in [1.82, 2.24) is 25.3 Å². The second-order valence-electron chi connectivity index (χ2n) is 5.33. The third-order valence-corrected chi connectivity index (χ3v) is 3.52. The molecule has 0 saturated carbocycles. The van der Waals surface area contributed by atoms with Crippen LogP contribution in [0.15, 0.2) is 29.1 Å². The van der Waals surface area contributed by atoms with Crippen LogP contribution in [-0.4, -0.2) is 25.8 Å². The van der Waals surface area contributed by atoms with Gasteiger partial charge in [0.05, 0.1) is 30.3 Å². The molecular formula is C16H15FN6O2. The molecule has 0 aliphatic heterocycles. The summed E-state index contributed by atoms with van der Waals surface area (Å²) in [5.74, 6) is -0.701. The maximum atomic E-state index is 13.1. The van der Waals surface area contributed by atoms with Crippen molar-refractivity contribution in [2.45, 2.75) is 20.4 Å². The number of hydrogen-bond acceptors (Lipinski definition) is 7. The van der Waals surface area contributed by atoms with Gasteiger partial charge in [0, 0.05) is 0 Å². The van der Waals surface area contributed by atoms with Crippen molar-refractivity contribution in [1.29, 1.82) is 0 Å². The summed E-state index contributed by atoms with van der Waals surface area (Å²) in [6.45, 7) is 3.50. The van der Waals surface area contributed by atoms with Crippen LogP contribution < -0.4 is 11.1 Å². The number of carbonyl (C=O) groups excluding carboxylic acids is 1. The first-order valence-electron chi connectivity index (χ1n) is 7.39. The Kier molecular flexibility index (Phi) is 4.38. The molecule has 0 aliphatic rings. The minimum atomic E-state index is -0.502. The number of aryl methyl sites for hydroxylation is 2. The summed E-state index contributed by atoms with van der Waals surface area (Å²) in [6, 6.07) is 1.35. The predicted octanol–water partition coefficient (Wildman–Crippen LogP) is 1.79. The molecule has 0 aliphatic carbocycles. The number of aromatic nitrogens is 4. The lowest BCUT2D eigenvalue weighted by molar-refractivity contribution is 0.0946. The Morgan fingerprint density at radius 1 is 1.32 bits per heavy atom. The van der Waals surface area contributed by atoms with Gasteiger partial charge in [0.15, 0.2) is 11.5 Å². The molecule has 3 aromatic rings. The standard InChI is InChI=1S/C16H15FN6O2/c1-8-5-10(17)6-20-11(8)7-21-15(24)13-14(18)23-12(9(2)22-13)16-19-3-4-25-16/h3-6H,7H2,1-2H3,(H2,18,23)(H,21,24). The molecule has 0 spiro atoms. The number of nitrogen functional groups attached to an aromatic ring is 1. The normalized spacial score (nSPS) is 10.7. The number of nitrogens with two attached hydrogens (primary N) is 1. The van der Waals surface area contributed by atoms with E-state index in [1.54, 1.807) is 13.8 Å². The largest absolute Gasteiger partial charge is 0.443 e. The fraction of sp³-hybridized carbons (Fsp3) is 0.188. The van der Waals surface area contributed by atoms with E-state index in [1.165, 1.54) is 18.5 Å². The summed E-state index contributed by atoms with van der Waals surface area (Å²) >= 11 is 0. The quantitative estimate of drug-likeness (QED) is 0.741. The highest BCUT2D eigenvalue weighted by Gasteiger charge is 2.18. The minimum Gasteiger partial charge on any atom is -0.443 e. The Labute approximate surface area is 142 Å². The van der Waals surface area contributed by atoms with Crippen LogP contribution in [-0.2, 0) is 6.54 Å². The molecule has 3 rings (SSSR count). The van der Waals surface area contributed by atoms with E-state index in [2.05, 4.69) is 25.3 Å². The number of halogens is 1. The van der Waals surface area contributed by atoms with Crippen LogP contribution in [0.3, 0.4) is 0 Å². The number of anilines is 1. The van der Waals surface area contributed by atoms with Crippen molar-refractivity contribution in [3.63, 3.8) is 0 Å². The fourth-order valence-corrected chi connectivity index (χ4v) is 2.24. The van der Waals surface area contributed by atoms with Gasteiger partial charge in [0.25, 0.3) is 5.91 Å². The number of pyridine rings is 1. The number of nitrogens with zero attached hydrogens (tertiary/aromatic N) is 4. The maximum Gasteiger partial charge on any atom is 0.274 e. The van der Waals surface area contributed by atoms with Crippen molar-refractivity contribution in [3.05, 3.63) is 53.2 Å². The molecule has 0 fully saturated rings. The van der Waals surface area contributed by atoms with Crippen LogP contribution in [0.25, 0.3) is 11.6 Å². The number of amides is 1. The monoisotopic (exact) mass is 342 g/mol. The minimum absolute atomic E-state index is 0.00688. The van der Waals surface area contributed by atoms with E-state index in [-0.39, 0.29) is 23.9 Å². The first-order chi connectivity index (χ1) is 12.0. The smallest absolute Gasteiger partial charge is 0.274 e. The molecule has 0 aromatic carbocycles. The van der Waals surface area contributed by atoms with Crippen LogP contribution in [0.2, 0.25) is 0 Å². The zero-order chi connectivity index (χ0) is 18.0. The van der Waals surface area contributed by atoms with Gasteiger partial charge in [-0.2, -0.15) is 0 Å². The molecular weight excluding hydrogens is 327 g/mol.